The highest BCUT2D eigenvalue weighted by Crippen LogP contribution is 2.09. The van der Waals surface area contributed by atoms with E-state index < -0.39 is 11.1 Å². The van der Waals surface area contributed by atoms with Gasteiger partial charge < -0.3 is 21.1 Å². The Morgan fingerprint density at radius 3 is 1.83 bits per heavy atom. The summed E-state index contributed by atoms with van der Waals surface area (Å²) in [6.07, 6.45) is 3.49. The minimum Gasteiger partial charge on any atom is -0.377 e. The van der Waals surface area contributed by atoms with Crippen LogP contribution in [0.3, 0.4) is 0 Å². The summed E-state index contributed by atoms with van der Waals surface area (Å²) in [6.45, 7) is 11.1. The number of amides is 2. The van der Waals surface area contributed by atoms with Gasteiger partial charge in [0.05, 0.1) is 24.3 Å². The number of nitrogens with one attached hydrogen (secondary N) is 2. The monoisotopic (exact) mass is 329 g/mol. The summed E-state index contributed by atoms with van der Waals surface area (Å²) in [5, 5.41) is 5.93. The third-order valence-electron chi connectivity index (χ3n) is 3.22. The first-order chi connectivity index (χ1) is 10.6. The predicted molar refractivity (Wildman–Crippen MR) is 93.1 cm³/mol. The number of carbonyl (C=O) groups excluding carboxylic acids is 2. The van der Waals surface area contributed by atoms with Gasteiger partial charge in [0.25, 0.3) is 0 Å². The molecule has 0 unspecified atom stereocenters. The molecular formula is C17H35N3O3. The van der Waals surface area contributed by atoms with E-state index in [1.807, 2.05) is 34.6 Å². The molecule has 0 saturated carbocycles. The normalized spacial score (nSPS) is 12.1. The van der Waals surface area contributed by atoms with Crippen molar-refractivity contribution in [1.29, 1.82) is 0 Å². The van der Waals surface area contributed by atoms with Crippen molar-refractivity contribution in [1.82, 2.24) is 10.6 Å². The lowest BCUT2D eigenvalue weighted by atomic mass is 10.0. The van der Waals surface area contributed by atoms with Gasteiger partial charge in [-0.1, -0.05) is 6.92 Å². The largest absolute Gasteiger partial charge is 0.377 e. The number of unbranched alkanes of at least 4 members (excludes halogenated alkanes) is 1. The molecule has 0 radical (unpaired) electrons. The maximum atomic E-state index is 11.8. The van der Waals surface area contributed by atoms with E-state index in [0.29, 0.717) is 32.6 Å². The predicted octanol–water partition coefficient (Wildman–Crippen LogP) is 1.72. The zero-order chi connectivity index (χ0) is 17.9. The van der Waals surface area contributed by atoms with Gasteiger partial charge in [-0.2, -0.15) is 0 Å². The Balaban J connectivity index is 4.12. The van der Waals surface area contributed by atoms with Crippen LogP contribution < -0.4 is 16.4 Å². The zero-order valence-electron chi connectivity index (χ0n) is 15.5. The lowest BCUT2D eigenvalue weighted by Crippen LogP contribution is -2.50. The maximum Gasteiger partial charge on any atom is 0.220 e. The third kappa shape index (κ3) is 12.0. The van der Waals surface area contributed by atoms with Crippen molar-refractivity contribution in [2.45, 2.75) is 77.8 Å². The van der Waals surface area contributed by atoms with Crippen molar-refractivity contribution in [3.8, 4) is 0 Å². The average molecular weight is 329 g/mol. The molecule has 0 saturated heterocycles. The molecule has 0 aliphatic carbocycles. The Kier molecular flexibility index (Phi) is 10.1. The van der Waals surface area contributed by atoms with E-state index in [0.717, 1.165) is 19.3 Å². The molecule has 0 spiro atoms. The zero-order valence-corrected chi connectivity index (χ0v) is 15.5. The minimum atomic E-state index is -0.441. The molecule has 0 aliphatic rings. The van der Waals surface area contributed by atoms with Crippen LogP contribution in [0, 0.1) is 0 Å². The van der Waals surface area contributed by atoms with Gasteiger partial charge in [-0.3, -0.25) is 9.59 Å². The lowest BCUT2D eigenvalue weighted by molar-refractivity contribution is -0.123. The Labute approximate surface area is 140 Å². The molecule has 136 valence electrons. The molecule has 6 nitrogen and oxygen atoms in total. The van der Waals surface area contributed by atoms with Crippen LogP contribution in [0.15, 0.2) is 0 Å². The fourth-order valence-electron chi connectivity index (χ4n) is 2.17. The maximum absolute atomic E-state index is 11.8. The standard InChI is InChI=1S/C17H35N3O3/c1-6-9-14(21)19-16(2,3)12-23-13-17(4,5)20-15(22)10-7-8-11-18/h6-13,18H2,1-5H3,(H,19,21)(H,20,22). The summed E-state index contributed by atoms with van der Waals surface area (Å²) >= 11 is 0. The van der Waals surface area contributed by atoms with E-state index in [2.05, 4.69) is 10.6 Å². The molecule has 0 fully saturated rings. The fourth-order valence-corrected chi connectivity index (χ4v) is 2.17. The van der Waals surface area contributed by atoms with Crippen LogP contribution in [0.5, 0.6) is 0 Å². The molecule has 2 amide bonds. The Morgan fingerprint density at radius 1 is 0.913 bits per heavy atom. The van der Waals surface area contributed by atoms with Crippen molar-refractivity contribution in [3.05, 3.63) is 0 Å². The second kappa shape index (κ2) is 10.6. The summed E-state index contributed by atoms with van der Waals surface area (Å²) in [6, 6.07) is 0. The Morgan fingerprint density at radius 2 is 1.39 bits per heavy atom. The Hall–Kier alpha value is -1.14. The van der Waals surface area contributed by atoms with Crippen LogP contribution in [0.1, 0.15) is 66.7 Å². The van der Waals surface area contributed by atoms with Gasteiger partial charge in [-0.15, -0.1) is 0 Å². The minimum absolute atomic E-state index is 0.0163. The van der Waals surface area contributed by atoms with E-state index in [1.165, 1.54) is 0 Å². The third-order valence-corrected chi connectivity index (χ3v) is 3.22. The molecule has 23 heavy (non-hydrogen) atoms. The van der Waals surface area contributed by atoms with Gasteiger partial charge in [-0.25, -0.2) is 0 Å². The van der Waals surface area contributed by atoms with Gasteiger partial charge in [0, 0.05) is 12.8 Å². The number of hydrogen-bond acceptors (Lipinski definition) is 4. The molecule has 0 aromatic heterocycles. The van der Waals surface area contributed by atoms with Crippen LogP contribution >= 0.6 is 0 Å². The summed E-state index contributed by atoms with van der Waals surface area (Å²) in [7, 11) is 0. The average Bonchev–Trinajstić information content (AvgIpc) is 2.37. The van der Waals surface area contributed by atoms with Crippen molar-refractivity contribution in [3.63, 3.8) is 0 Å². The van der Waals surface area contributed by atoms with Crippen LogP contribution in [0.25, 0.3) is 0 Å². The highest BCUT2D eigenvalue weighted by atomic mass is 16.5. The summed E-state index contributed by atoms with van der Waals surface area (Å²) in [5.74, 6) is 0.0520. The summed E-state index contributed by atoms with van der Waals surface area (Å²) in [4.78, 5) is 23.5. The molecule has 0 heterocycles. The van der Waals surface area contributed by atoms with E-state index >= 15 is 0 Å². The second-order valence-corrected chi connectivity index (χ2v) is 7.35. The highest BCUT2D eigenvalue weighted by Gasteiger charge is 2.24. The molecule has 0 rings (SSSR count). The number of hydrogen-bond donors (Lipinski definition) is 3. The van der Waals surface area contributed by atoms with Gasteiger partial charge >= 0.3 is 0 Å². The molecule has 0 aliphatic heterocycles. The van der Waals surface area contributed by atoms with Gasteiger partial charge in [-0.05, 0) is 53.5 Å². The van der Waals surface area contributed by atoms with Crippen molar-refractivity contribution >= 4 is 11.8 Å². The molecular weight excluding hydrogens is 294 g/mol. The van der Waals surface area contributed by atoms with E-state index in [4.69, 9.17) is 10.5 Å². The van der Waals surface area contributed by atoms with Crippen LogP contribution in [0.4, 0.5) is 0 Å². The SMILES string of the molecule is CCCC(=O)NC(C)(C)COCC(C)(C)NC(=O)CCCCN. The quantitative estimate of drug-likeness (QED) is 0.475. The van der Waals surface area contributed by atoms with E-state index in [-0.39, 0.29) is 11.8 Å². The van der Waals surface area contributed by atoms with Gasteiger partial charge in [0.2, 0.25) is 11.8 Å². The Bertz CT molecular complexity index is 368. The van der Waals surface area contributed by atoms with E-state index in [9.17, 15) is 9.59 Å². The summed E-state index contributed by atoms with van der Waals surface area (Å²) in [5.41, 5.74) is 4.56. The smallest absolute Gasteiger partial charge is 0.220 e. The van der Waals surface area contributed by atoms with Gasteiger partial charge in [0.15, 0.2) is 0 Å². The van der Waals surface area contributed by atoms with Crippen LogP contribution in [-0.4, -0.2) is 42.7 Å². The number of nitrogens with two attached hydrogens (primary N) is 1. The topological polar surface area (TPSA) is 93.5 Å². The number of carbonyl (C=O) groups is 2. The first kappa shape index (κ1) is 21.9. The fraction of sp³-hybridized carbons (Fsp3) is 0.882. The molecule has 0 aromatic carbocycles. The van der Waals surface area contributed by atoms with Crippen molar-refractivity contribution < 1.29 is 14.3 Å². The van der Waals surface area contributed by atoms with Crippen molar-refractivity contribution in [2.24, 2.45) is 5.73 Å². The van der Waals surface area contributed by atoms with Gasteiger partial charge in [0.1, 0.15) is 0 Å². The van der Waals surface area contributed by atoms with Crippen LogP contribution in [-0.2, 0) is 14.3 Å². The van der Waals surface area contributed by atoms with E-state index in [1.54, 1.807) is 0 Å². The first-order valence-electron chi connectivity index (χ1n) is 8.52. The molecule has 4 N–H and O–H groups in total. The highest BCUT2D eigenvalue weighted by molar-refractivity contribution is 5.77. The number of rotatable bonds is 12. The lowest BCUT2D eigenvalue weighted by Gasteiger charge is -2.30. The van der Waals surface area contributed by atoms with Crippen LogP contribution in [0.2, 0.25) is 0 Å². The molecule has 0 atom stereocenters. The molecule has 0 aromatic rings. The molecule has 6 heteroatoms. The second-order valence-electron chi connectivity index (χ2n) is 7.35. The summed E-state index contributed by atoms with van der Waals surface area (Å²) < 4.78 is 5.72. The number of ether oxygens (including phenoxy) is 1. The molecule has 0 bridgehead atoms. The first-order valence-corrected chi connectivity index (χ1v) is 8.52. The van der Waals surface area contributed by atoms with Crippen molar-refractivity contribution in [2.75, 3.05) is 19.8 Å².